The molecule has 6 rings (SSSR count). The van der Waals surface area contributed by atoms with Gasteiger partial charge in [-0.2, -0.15) is 10.1 Å². The maximum atomic E-state index is 12.7. The lowest BCUT2D eigenvalue weighted by Crippen LogP contribution is -2.33. The van der Waals surface area contributed by atoms with Crippen molar-refractivity contribution in [3.63, 3.8) is 0 Å². The molecule has 2 atom stereocenters. The molecule has 38 heavy (non-hydrogen) atoms. The monoisotopic (exact) mass is 514 g/mol. The third-order valence-corrected chi connectivity index (χ3v) is 7.78. The zero-order valence-corrected chi connectivity index (χ0v) is 21.4. The SMILES string of the molecule is CO[C@H]1CCN(C(=O)Cn2cc(-c3nc([C@@](C)(c4ccc(-c5cnc(N)nc5)cc4)C4CC4)no3)cn2)C1. The van der Waals surface area contributed by atoms with Crippen LogP contribution in [-0.2, 0) is 21.5 Å². The van der Waals surface area contributed by atoms with E-state index < -0.39 is 5.41 Å². The Balaban J connectivity index is 1.20. The molecule has 1 aliphatic carbocycles. The lowest BCUT2D eigenvalue weighted by molar-refractivity contribution is -0.131. The van der Waals surface area contributed by atoms with Gasteiger partial charge in [-0.05, 0) is 43.2 Å². The lowest BCUT2D eigenvalue weighted by atomic mass is 9.77. The highest BCUT2D eigenvalue weighted by atomic mass is 16.5. The van der Waals surface area contributed by atoms with Crippen molar-refractivity contribution >= 4 is 11.9 Å². The summed E-state index contributed by atoms with van der Waals surface area (Å²) in [4.78, 5) is 27.5. The molecule has 1 saturated heterocycles. The van der Waals surface area contributed by atoms with Gasteiger partial charge in [-0.25, -0.2) is 9.97 Å². The number of anilines is 1. The zero-order valence-electron chi connectivity index (χ0n) is 21.4. The number of nitrogens with two attached hydrogens (primary N) is 1. The van der Waals surface area contributed by atoms with Gasteiger partial charge in [-0.1, -0.05) is 29.4 Å². The first-order valence-corrected chi connectivity index (χ1v) is 12.8. The van der Waals surface area contributed by atoms with Gasteiger partial charge in [0.1, 0.15) is 6.54 Å². The van der Waals surface area contributed by atoms with Crippen molar-refractivity contribution < 1.29 is 14.1 Å². The first-order chi connectivity index (χ1) is 18.4. The minimum absolute atomic E-state index is 0.0145. The molecule has 1 aliphatic heterocycles. The van der Waals surface area contributed by atoms with Gasteiger partial charge in [-0.15, -0.1) is 0 Å². The summed E-state index contributed by atoms with van der Waals surface area (Å²) in [5, 5.41) is 8.75. The highest BCUT2D eigenvalue weighted by Gasteiger charge is 2.47. The van der Waals surface area contributed by atoms with E-state index in [-0.39, 0.29) is 24.5 Å². The molecule has 4 aromatic rings. The Hall–Kier alpha value is -4.12. The van der Waals surface area contributed by atoms with E-state index in [1.54, 1.807) is 36.6 Å². The number of benzene rings is 1. The number of nitrogens with zero attached hydrogens (tertiary/aromatic N) is 7. The second-order valence-corrected chi connectivity index (χ2v) is 10.2. The van der Waals surface area contributed by atoms with Crippen molar-refractivity contribution in [2.75, 3.05) is 25.9 Å². The van der Waals surface area contributed by atoms with Crippen LogP contribution in [0.5, 0.6) is 0 Å². The number of carbonyl (C=O) groups excluding carboxylic acids is 1. The number of hydrogen-bond donors (Lipinski definition) is 1. The number of aromatic nitrogens is 6. The van der Waals surface area contributed by atoms with Crippen molar-refractivity contribution in [1.82, 2.24) is 34.8 Å². The molecule has 1 aromatic carbocycles. The van der Waals surface area contributed by atoms with Crippen LogP contribution in [0.25, 0.3) is 22.6 Å². The van der Waals surface area contributed by atoms with E-state index in [4.69, 9.17) is 20.0 Å². The fourth-order valence-electron chi connectivity index (χ4n) is 5.20. The van der Waals surface area contributed by atoms with Crippen LogP contribution in [0.1, 0.15) is 37.6 Å². The van der Waals surface area contributed by atoms with E-state index in [2.05, 4.69) is 51.4 Å². The van der Waals surface area contributed by atoms with Gasteiger partial charge in [0.2, 0.25) is 11.9 Å². The Morgan fingerprint density at radius 3 is 2.55 bits per heavy atom. The topological polar surface area (TPSA) is 138 Å². The average Bonchev–Trinajstić information content (AvgIpc) is 3.31. The molecule has 0 unspecified atom stereocenters. The van der Waals surface area contributed by atoms with Crippen LogP contribution in [0.3, 0.4) is 0 Å². The quantitative estimate of drug-likeness (QED) is 0.376. The van der Waals surface area contributed by atoms with Gasteiger partial charge >= 0.3 is 0 Å². The Labute approximate surface area is 220 Å². The minimum Gasteiger partial charge on any atom is -0.380 e. The molecule has 2 aliphatic rings. The zero-order chi connectivity index (χ0) is 26.3. The van der Waals surface area contributed by atoms with Gasteiger partial charge in [-0.3, -0.25) is 9.48 Å². The summed E-state index contributed by atoms with van der Waals surface area (Å²) < 4.78 is 12.7. The summed E-state index contributed by atoms with van der Waals surface area (Å²) in [6.07, 6.45) is 10.0. The summed E-state index contributed by atoms with van der Waals surface area (Å²) in [6.45, 7) is 3.65. The largest absolute Gasteiger partial charge is 0.380 e. The van der Waals surface area contributed by atoms with Gasteiger partial charge in [0.05, 0.1) is 23.3 Å². The molecule has 0 bridgehead atoms. The number of ether oxygens (including phenoxy) is 1. The smallest absolute Gasteiger partial charge is 0.261 e. The summed E-state index contributed by atoms with van der Waals surface area (Å²) in [5.41, 5.74) is 8.94. The summed E-state index contributed by atoms with van der Waals surface area (Å²) >= 11 is 0. The molecule has 1 saturated carbocycles. The standard InChI is InChI=1S/C27H30N8O3/c1-27(21-7-8-21,20-5-3-17(4-6-20)18-11-29-26(28)30-12-18)25-32-24(38-33-25)19-13-31-35(14-19)16-23(36)34-10-9-22(15-34)37-2/h3-6,11-14,21-22H,7-10,15-16H2,1-2H3,(H2,28,29,30)/t22-,27-/m0/s1. The summed E-state index contributed by atoms with van der Waals surface area (Å²) in [7, 11) is 1.68. The minimum atomic E-state index is -0.391. The molecule has 196 valence electrons. The average molecular weight is 515 g/mol. The molecule has 2 N–H and O–H groups in total. The molecule has 1 amide bonds. The second kappa shape index (κ2) is 9.64. The van der Waals surface area contributed by atoms with E-state index in [9.17, 15) is 4.79 Å². The Morgan fingerprint density at radius 1 is 1.11 bits per heavy atom. The van der Waals surface area contributed by atoms with Crippen LogP contribution in [0.15, 0.2) is 53.6 Å². The molecule has 11 heteroatoms. The van der Waals surface area contributed by atoms with E-state index in [0.717, 1.165) is 36.0 Å². The molecule has 2 fully saturated rings. The molecule has 3 aromatic heterocycles. The summed E-state index contributed by atoms with van der Waals surface area (Å²) in [5.74, 6) is 1.73. The molecule has 4 heterocycles. The van der Waals surface area contributed by atoms with Crippen LogP contribution < -0.4 is 5.73 Å². The van der Waals surface area contributed by atoms with Crippen molar-refractivity contribution in [3.05, 3.63) is 60.4 Å². The molecule has 0 spiro atoms. The maximum Gasteiger partial charge on any atom is 0.261 e. The molecular weight excluding hydrogens is 484 g/mol. The van der Waals surface area contributed by atoms with Crippen LogP contribution in [0.2, 0.25) is 0 Å². The number of methoxy groups -OCH3 is 1. The first-order valence-electron chi connectivity index (χ1n) is 12.8. The van der Waals surface area contributed by atoms with Crippen LogP contribution in [0.4, 0.5) is 5.95 Å². The van der Waals surface area contributed by atoms with Crippen molar-refractivity contribution in [2.45, 2.75) is 44.2 Å². The third-order valence-electron chi connectivity index (χ3n) is 7.78. The highest BCUT2D eigenvalue weighted by Crippen LogP contribution is 2.50. The molecule has 11 nitrogen and oxygen atoms in total. The van der Waals surface area contributed by atoms with Gasteiger partial charge in [0, 0.05) is 44.4 Å². The number of carbonyl (C=O) groups is 1. The number of nitrogen functional groups attached to an aromatic ring is 1. The molecule has 0 radical (unpaired) electrons. The normalized spacial score (nSPS) is 19.0. The van der Waals surface area contributed by atoms with Crippen LogP contribution in [-0.4, -0.2) is 67.0 Å². The van der Waals surface area contributed by atoms with Crippen LogP contribution >= 0.6 is 0 Å². The maximum absolute atomic E-state index is 12.7. The predicted octanol–water partition coefficient (Wildman–Crippen LogP) is 2.94. The number of likely N-dealkylation sites (tertiary alicyclic amines) is 1. The lowest BCUT2D eigenvalue weighted by Gasteiger charge is -2.27. The Morgan fingerprint density at radius 2 is 1.87 bits per heavy atom. The van der Waals surface area contributed by atoms with Gasteiger partial charge in [0.15, 0.2) is 5.82 Å². The Kier molecular flexibility index (Phi) is 6.15. The van der Waals surface area contributed by atoms with Crippen molar-refractivity contribution in [1.29, 1.82) is 0 Å². The van der Waals surface area contributed by atoms with E-state index in [1.807, 2.05) is 4.90 Å². The van der Waals surface area contributed by atoms with Gasteiger partial charge < -0.3 is 19.9 Å². The highest BCUT2D eigenvalue weighted by molar-refractivity contribution is 5.76. The molecular formula is C27H30N8O3. The predicted molar refractivity (Wildman–Crippen MR) is 139 cm³/mol. The van der Waals surface area contributed by atoms with E-state index in [0.29, 0.717) is 36.3 Å². The van der Waals surface area contributed by atoms with E-state index >= 15 is 0 Å². The second-order valence-electron chi connectivity index (χ2n) is 10.2. The summed E-state index contributed by atoms with van der Waals surface area (Å²) in [6, 6.07) is 8.33. The third kappa shape index (κ3) is 4.53. The van der Waals surface area contributed by atoms with Crippen molar-refractivity contribution in [2.24, 2.45) is 5.92 Å². The van der Waals surface area contributed by atoms with Crippen molar-refractivity contribution in [3.8, 4) is 22.6 Å². The van der Waals surface area contributed by atoms with Crippen LogP contribution in [0, 0.1) is 5.92 Å². The van der Waals surface area contributed by atoms with E-state index in [1.165, 1.54) is 0 Å². The fraction of sp³-hybridized carbons (Fsp3) is 0.407. The first kappa shape index (κ1) is 24.2. The number of amides is 1. The number of rotatable bonds is 8. The van der Waals surface area contributed by atoms with Gasteiger partial charge in [0.25, 0.3) is 5.89 Å². The number of hydrogen-bond acceptors (Lipinski definition) is 9. The Bertz CT molecular complexity index is 1430. The fourth-order valence-corrected chi connectivity index (χ4v) is 5.20.